The minimum absolute atomic E-state index is 0.0241. The molecule has 0 unspecified atom stereocenters. The molecule has 4 nitrogen and oxygen atoms in total. The van der Waals surface area contributed by atoms with Crippen LogP contribution in [0.1, 0.15) is 5.56 Å². The van der Waals surface area contributed by atoms with Gasteiger partial charge in [0.2, 0.25) is 5.91 Å². The van der Waals surface area contributed by atoms with Gasteiger partial charge in [0.05, 0.1) is 17.1 Å². The Bertz CT molecular complexity index is 759. The van der Waals surface area contributed by atoms with Crippen molar-refractivity contribution in [2.75, 3.05) is 10.7 Å². The van der Waals surface area contributed by atoms with Crippen molar-refractivity contribution in [3.05, 3.63) is 71.2 Å². The highest BCUT2D eigenvalue weighted by Crippen LogP contribution is 2.26. The van der Waals surface area contributed by atoms with Gasteiger partial charge in [0, 0.05) is 4.47 Å². The number of para-hydroxylation sites is 1. The topological polar surface area (TPSA) is 44.7 Å². The Balaban J connectivity index is 1.77. The number of hydrogen-bond donors (Lipinski definition) is 1. The summed E-state index contributed by atoms with van der Waals surface area (Å²) in [5, 5.41) is 4.98. The van der Waals surface area contributed by atoms with Gasteiger partial charge in [-0.25, -0.2) is 0 Å². The molecule has 6 heteroatoms. The molecule has 2 aromatic carbocycles. The van der Waals surface area contributed by atoms with Crippen molar-refractivity contribution in [1.82, 2.24) is 5.43 Å². The zero-order chi connectivity index (χ0) is 16.2. The number of thioether (sulfide) groups is 1. The maximum atomic E-state index is 12.1. The lowest BCUT2D eigenvalue weighted by molar-refractivity contribution is -0.115. The number of amidine groups is 1. The van der Waals surface area contributed by atoms with Crippen LogP contribution in [0.25, 0.3) is 5.70 Å². The molecule has 1 amide bonds. The lowest BCUT2D eigenvalue weighted by Gasteiger charge is -2.16. The predicted molar refractivity (Wildman–Crippen MR) is 100 cm³/mol. The monoisotopic (exact) mass is 387 g/mol. The molecule has 1 saturated heterocycles. The number of anilines is 1. The molecule has 1 fully saturated rings. The van der Waals surface area contributed by atoms with Gasteiger partial charge in [-0.15, -0.1) is 5.10 Å². The third-order valence-electron chi connectivity index (χ3n) is 3.26. The van der Waals surface area contributed by atoms with E-state index in [-0.39, 0.29) is 5.91 Å². The van der Waals surface area contributed by atoms with Crippen molar-refractivity contribution in [3.8, 4) is 0 Å². The molecule has 1 N–H and O–H groups in total. The number of halogens is 1. The van der Waals surface area contributed by atoms with Crippen LogP contribution in [0.3, 0.4) is 0 Å². The van der Waals surface area contributed by atoms with E-state index in [1.165, 1.54) is 11.8 Å². The highest BCUT2D eigenvalue weighted by molar-refractivity contribution is 9.10. The normalized spacial score (nSPS) is 16.0. The van der Waals surface area contributed by atoms with E-state index >= 15 is 0 Å². The first-order chi connectivity index (χ1) is 11.1. The Morgan fingerprint density at radius 2 is 1.87 bits per heavy atom. The number of carbonyl (C=O) groups excluding carboxylic acids is 1. The number of nitrogens with zero attached hydrogens (tertiary/aromatic N) is 2. The van der Waals surface area contributed by atoms with Gasteiger partial charge in [-0.2, -0.15) is 0 Å². The molecule has 1 heterocycles. The average molecular weight is 388 g/mol. The number of nitrogens with one attached hydrogen (secondary N) is 1. The van der Waals surface area contributed by atoms with Crippen molar-refractivity contribution < 1.29 is 4.79 Å². The summed E-state index contributed by atoms with van der Waals surface area (Å²) in [7, 11) is 0. The van der Waals surface area contributed by atoms with E-state index in [4.69, 9.17) is 0 Å². The van der Waals surface area contributed by atoms with Gasteiger partial charge < -0.3 is 0 Å². The van der Waals surface area contributed by atoms with E-state index in [2.05, 4.69) is 33.0 Å². The fourth-order valence-corrected chi connectivity index (χ4v) is 3.20. The molecule has 0 aliphatic carbocycles. The van der Waals surface area contributed by atoms with Crippen molar-refractivity contribution in [2.24, 2.45) is 5.10 Å². The summed E-state index contributed by atoms with van der Waals surface area (Å²) in [6, 6.07) is 17.3. The molecular formula is C17H14BrN3OS. The maximum absolute atomic E-state index is 12.1. The van der Waals surface area contributed by atoms with Crippen LogP contribution in [0.4, 0.5) is 5.69 Å². The molecule has 0 aromatic heterocycles. The lowest BCUT2D eigenvalue weighted by atomic mass is 10.2. The molecule has 1 aliphatic rings. The van der Waals surface area contributed by atoms with E-state index in [0.29, 0.717) is 16.6 Å². The Labute approximate surface area is 147 Å². The van der Waals surface area contributed by atoms with E-state index < -0.39 is 0 Å². The summed E-state index contributed by atoms with van der Waals surface area (Å²) in [4.78, 5) is 13.7. The highest BCUT2D eigenvalue weighted by Gasteiger charge is 2.29. The summed E-state index contributed by atoms with van der Waals surface area (Å²) in [5.74, 6) is 0.413. The van der Waals surface area contributed by atoms with E-state index in [1.807, 2.05) is 54.6 Å². The number of benzene rings is 2. The summed E-state index contributed by atoms with van der Waals surface area (Å²) in [5.41, 5.74) is 5.38. The van der Waals surface area contributed by atoms with Crippen LogP contribution in [-0.4, -0.2) is 16.8 Å². The second kappa shape index (κ2) is 7.02. The predicted octanol–water partition coefficient (Wildman–Crippen LogP) is 4.06. The van der Waals surface area contributed by atoms with Gasteiger partial charge in [-0.05, 0) is 29.8 Å². The van der Waals surface area contributed by atoms with Gasteiger partial charge in [0.1, 0.15) is 0 Å². The van der Waals surface area contributed by atoms with Gasteiger partial charge in [0.15, 0.2) is 5.17 Å². The quantitative estimate of drug-likeness (QED) is 0.804. The standard InChI is InChI=1S/C17H14BrN3OS/c1-12(13-7-9-14(18)10-8-13)19-20-17-21(16(22)11-23-17)15-5-3-2-4-6-15/h2-10,19H,1,11H2. The number of carbonyl (C=O) groups is 1. The Hall–Kier alpha value is -2.05. The van der Waals surface area contributed by atoms with Crippen molar-refractivity contribution >= 4 is 50.2 Å². The van der Waals surface area contributed by atoms with Gasteiger partial charge in [-0.3, -0.25) is 15.1 Å². The molecule has 1 aliphatic heterocycles. The smallest absolute Gasteiger partial charge is 0.243 e. The van der Waals surface area contributed by atoms with Crippen LogP contribution in [0.5, 0.6) is 0 Å². The molecule has 116 valence electrons. The third-order valence-corrected chi connectivity index (χ3v) is 4.71. The molecule has 3 rings (SSSR count). The maximum Gasteiger partial charge on any atom is 0.243 e. The molecular weight excluding hydrogens is 374 g/mol. The SMILES string of the molecule is C=C(NN=C1SCC(=O)N1c1ccccc1)c1ccc(Br)cc1. The first-order valence-corrected chi connectivity index (χ1v) is 8.72. The third kappa shape index (κ3) is 3.65. The fourth-order valence-electron chi connectivity index (χ4n) is 2.11. The molecule has 0 bridgehead atoms. The number of hydrogen-bond acceptors (Lipinski definition) is 4. The van der Waals surface area contributed by atoms with Gasteiger partial charge in [-0.1, -0.05) is 64.6 Å². The Kier molecular flexibility index (Phi) is 4.83. The first-order valence-electron chi connectivity index (χ1n) is 6.94. The van der Waals surface area contributed by atoms with Gasteiger partial charge in [0.25, 0.3) is 0 Å². The van der Waals surface area contributed by atoms with Crippen LogP contribution in [0.2, 0.25) is 0 Å². The minimum atomic E-state index is 0.0241. The summed E-state index contributed by atoms with van der Waals surface area (Å²) in [6.07, 6.45) is 0. The van der Waals surface area contributed by atoms with Crippen molar-refractivity contribution in [2.45, 2.75) is 0 Å². The zero-order valence-corrected chi connectivity index (χ0v) is 14.6. The van der Waals surface area contributed by atoms with E-state index in [1.54, 1.807) is 4.90 Å². The fraction of sp³-hybridized carbons (Fsp3) is 0.0588. The summed E-state index contributed by atoms with van der Waals surface area (Å²) >= 11 is 4.81. The summed E-state index contributed by atoms with van der Waals surface area (Å²) < 4.78 is 1.01. The molecule has 2 aromatic rings. The second-order valence-electron chi connectivity index (χ2n) is 4.85. The lowest BCUT2D eigenvalue weighted by Crippen LogP contribution is -2.30. The van der Waals surface area contributed by atoms with Crippen LogP contribution < -0.4 is 10.3 Å². The van der Waals surface area contributed by atoms with E-state index in [0.717, 1.165) is 15.7 Å². The van der Waals surface area contributed by atoms with Crippen molar-refractivity contribution in [3.63, 3.8) is 0 Å². The molecule has 0 radical (unpaired) electrons. The minimum Gasteiger partial charge on any atom is -0.276 e. The summed E-state index contributed by atoms with van der Waals surface area (Å²) in [6.45, 7) is 3.99. The Morgan fingerprint density at radius 3 is 2.57 bits per heavy atom. The number of rotatable bonds is 4. The molecule has 0 spiro atoms. The van der Waals surface area contributed by atoms with Crippen LogP contribution in [0, 0.1) is 0 Å². The molecule has 0 atom stereocenters. The first kappa shape index (κ1) is 15.8. The number of amides is 1. The van der Waals surface area contributed by atoms with Crippen LogP contribution in [0.15, 0.2) is 70.8 Å². The van der Waals surface area contributed by atoms with Gasteiger partial charge >= 0.3 is 0 Å². The average Bonchev–Trinajstić information content (AvgIpc) is 2.95. The zero-order valence-electron chi connectivity index (χ0n) is 12.2. The van der Waals surface area contributed by atoms with Crippen molar-refractivity contribution in [1.29, 1.82) is 0 Å². The Morgan fingerprint density at radius 1 is 1.17 bits per heavy atom. The molecule has 23 heavy (non-hydrogen) atoms. The number of hydrazone groups is 1. The second-order valence-corrected chi connectivity index (χ2v) is 6.70. The van der Waals surface area contributed by atoms with Crippen LogP contribution in [-0.2, 0) is 4.79 Å². The highest BCUT2D eigenvalue weighted by atomic mass is 79.9. The van der Waals surface area contributed by atoms with Crippen LogP contribution >= 0.6 is 27.7 Å². The molecule has 0 saturated carbocycles. The largest absolute Gasteiger partial charge is 0.276 e. The van der Waals surface area contributed by atoms with E-state index in [9.17, 15) is 4.79 Å².